The number of hydrogen-bond acceptors (Lipinski definition) is 1. The third kappa shape index (κ3) is 0.933. The van der Waals surface area contributed by atoms with Crippen molar-refractivity contribution in [3.63, 3.8) is 0 Å². The summed E-state index contributed by atoms with van der Waals surface area (Å²) < 4.78 is 0. The molecule has 0 amide bonds. The maximum atomic E-state index is 12.3. The van der Waals surface area contributed by atoms with E-state index in [1.165, 1.54) is 31.3 Å². The van der Waals surface area contributed by atoms with Crippen molar-refractivity contribution in [3.8, 4) is 0 Å². The summed E-state index contributed by atoms with van der Waals surface area (Å²) in [6.45, 7) is 4.13. The number of ketones is 1. The highest BCUT2D eigenvalue weighted by Crippen LogP contribution is 2.58. The summed E-state index contributed by atoms with van der Waals surface area (Å²) in [5.74, 6) is 1.62. The zero-order valence-electron chi connectivity index (χ0n) is 8.72. The summed E-state index contributed by atoms with van der Waals surface area (Å²) in [7, 11) is 0. The predicted octanol–water partition coefficient (Wildman–Crippen LogP) is 3.10. The topological polar surface area (TPSA) is 17.1 Å². The van der Waals surface area contributed by atoms with Crippen molar-refractivity contribution in [1.82, 2.24) is 0 Å². The third-order valence-electron chi connectivity index (χ3n) is 4.83. The highest BCUT2D eigenvalue weighted by atomic mass is 16.1. The van der Waals surface area contributed by atoms with Gasteiger partial charge in [0.15, 0.2) is 0 Å². The number of carbonyl (C=O) groups is 1. The fourth-order valence-electron chi connectivity index (χ4n) is 4.16. The minimum atomic E-state index is 0.129. The van der Waals surface area contributed by atoms with Gasteiger partial charge in [-0.2, -0.15) is 0 Å². The smallest absolute Gasteiger partial charge is 0.142 e. The van der Waals surface area contributed by atoms with Gasteiger partial charge in [0.05, 0.1) is 0 Å². The Labute approximate surface area is 85.6 Å². The second-order valence-electron chi connectivity index (χ2n) is 5.50. The molecule has 2 bridgehead atoms. The van der Waals surface area contributed by atoms with E-state index < -0.39 is 0 Å². The van der Waals surface area contributed by atoms with E-state index in [0.29, 0.717) is 17.6 Å². The van der Waals surface area contributed by atoms with Crippen molar-refractivity contribution < 1.29 is 4.79 Å². The van der Waals surface area contributed by atoms with Crippen molar-refractivity contribution in [2.75, 3.05) is 0 Å². The number of allylic oxidation sites excluding steroid dienone is 1. The van der Waals surface area contributed by atoms with Gasteiger partial charge < -0.3 is 0 Å². The zero-order valence-corrected chi connectivity index (χ0v) is 8.72. The van der Waals surface area contributed by atoms with E-state index in [4.69, 9.17) is 0 Å². The van der Waals surface area contributed by atoms with Gasteiger partial charge in [0.25, 0.3) is 0 Å². The molecule has 3 aliphatic rings. The molecule has 0 heterocycles. The number of carbonyl (C=O) groups excluding carboxylic acids is 1. The largest absolute Gasteiger partial charge is 0.299 e. The van der Waals surface area contributed by atoms with Gasteiger partial charge in [0.2, 0.25) is 0 Å². The Bertz CT molecular complexity index is 304. The Balaban J connectivity index is 2.04. The van der Waals surface area contributed by atoms with Gasteiger partial charge in [-0.15, -0.1) is 0 Å². The van der Waals surface area contributed by atoms with Gasteiger partial charge in [0, 0.05) is 11.3 Å². The van der Waals surface area contributed by atoms with E-state index >= 15 is 0 Å². The average Bonchev–Trinajstić information content (AvgIpc) is 2.62. The molecule has 3 fully saturated rings. The molecule has 0 aliphatic heterocycles. The number of hydrogen-bond donors (Lipinski definition) is 0. The lowest BCUT2D eigenvalue weighted by atomic mass is 9.74. The van der Waals surface area contributed by atoms with Gasteiger partial charge >= 0.3 is 0 Å². The minimum Gasteiger partial charge on any atom is -0.299 e. The minimum absolute atomic E-state index is 0.129. The van der Waals surface area contributed by atoms with Crippen LogP contribution in [0.15, 0.2) is 12.2 Å². The lowest BCUT2D eigenvalue weighted by molar-refractivity contribution is -0.130. The molecule has 3 rings (SSSR count). The first kappa shape index (κ1) is 8.70. The van der Waals surface area contributed by atoms with E-state index in [1.54, 1.807) is 0 Å². The summed E-state index contributed by atoms with van der Waals surface area (Å²) in [4.78, 5) is 12.3. The SMILES string of the molecule is C=C1C[C@H]2CC[C@]3(CCC[C@H]3C1)C2=O. The summed E-state index contributed by atoms with van der Waals surface area (Å²) in [6.07, 6.45) is 8.20. The van der Waals surface area contributed by atoms with Crippen molar-refractivity contribution in [3.05, 3.63) is 12.2 Å². The average molecular weight is 190 g/mol. The Hall–Kier alpha value is -0.590. The van der Waals surface area contributed by atoms with Crippen LogP contribution in [0.3, 0.4) is 0 Å². The molecule has 3 aliphatic carbocycles. The summed E-state index contributed by atoms with van der Waals surface area (Å²) in [5.41, 5.74) is 1.47. The molecule has 0 unspecified atom stereocenters. The molecule has 0 radical (unpaired) electrons. The summed E-state index contributed by atoms with van der Waals surface area (Å²) >= 11 is 0. The summed E-state index contributed by atoms with van der Waals surface area (Å²) in [5, 5.41) is 0. The van der Waals surface area contributed by atoms with Gasteiger partial charge in [-0.25, -0.2) is 0 Å². The molecule has 14 heavy (non-hydrogen) atoms. The maximum absolute atomic E-state index is 12.3. The third-order valence-corrected chi connectivity index (χ3v) is 4.83. The second kappa shape index (κ2) is 2.71. The van der Waals surface area contributed by atoms with Crippen LogP contribution in [0, 0.1) is 17.3 Å². The number of fused-ring (bicyclic) bond motifs is 1. The van der Waals surface area contributed by atoms with Crippen LogP contribution in [-0.4, -0.2) is 5.78 Å². The molecule has 0 saturated heterocycles. The lowest BCUT2D eigenvalue weighted by Crippen LogP contribution is -2.30. The first-order chi connectivity index (χ1) is 6.72. The van der Waals surface area contributed by atoms with Crippen LogP contribution in [-0.2, 0) is 4.79 Å². The summed E-state index contributed by atoms with van der Waals surface area (Å²) in [6, 6.07) is 0. The van der Waals surface area contributed by atoms with E-state index in [9.17, 15) is 4.79 Å². The van der Waals surface area contributed by atoms with Crippen molar-refractivity contribution in [2.24, 2.45) is 17.3 Å². The van der Waals surface area contributed by atoms with E-state index in [2.05, 4.69) is 6.58 Å². The van der Waals surface area contributed by atoms with Gasteiger partial charge in [-0.1, -0.05) is 18.6 Å². The van der Waals surface area contributed by atoms with Crippen molar-refractivity contribution in [1.29, 1.82) is 0 Å². The van der Waals surface area contributed by atoms with Gasteiger partial charge in [-0.05, 0) is 44.4 Å². The first-order valence-electron chi connectivity index (χ1n) is 5.93. The second-order valence-corrected chi connectivity index (χ2v) is 5.50. The van der Waals surface area contributed by atoms with Crippen molar-refractivity contribution >= 4 is 5.78 Å². The quantitative estimate of drug-likeness (QED) is 0.536. The molecule has 0 aromatic heterocycles. The van der Waals surface area contributed by atoms with Gasteiger partial charge in [0.1, 0.15) is 5.78 Å². The molecule has 0 aromatic rings. The molecule has 1 nitrogen and oxygen atoms in total. The molecule has 3 saturated carbocycles. The fraction of sp³-hybridized carbons (Fsp3) is 0.769. The van der Waals surface area contributed by atoms with E-state index in [-0.39, 0.29) is 5.41 Å². The van der Waals surface area contributed by atoms with Crippen LogP contribution in [0.2, 0.25) is 0 Å². The Morgan fingerprint density at radius 2 is 2.07 bits per heavy atom. The lowest BCUT2D eigenvalue weighted by Gasteiger charge is -2.28. The molecule has 3 atom stereocenters. The zero-order chi connectivity index (χ0) is 9.76. The van der Waals surface area contributed by atoms with Crippen LogP contribution >= 0.6 is 0 Å². The Morgan fingerprint density at radius 1 is 1.21 bits per heavy atom. The van der Waals surface area contributed by atoms with Crippen LogP contribution in [0.5, 0.6) is 0 Å². The van der Waals surface area contributed by atoms with Crippen LogP contribution < -0.4 is 0 Å². The molecule has 1 spiro atoms. The maximum Gasteiger partial charge on any atom is 0.142 e. The predicted molar refractivity (Wildman–Crippen MR) is 55.9 cm³/mol. The standard InChI is InChI=1S/C13H18O/c1-9-7-10-4-6-13(12(10)14)5-2-3-11(13)8-9/h10-11H,1-8H2/t10-,11+,13+/m1/s1. The van der Waals surface area contributed by atoms with Gasteiger partial charge in [-0.3, -0.25) is 4.79 Å². The molecular weight excluding hydrogens is 172 g/mol. The molecule has 76 valence electrons. The van der Waals surface area contributed by atoms with Crippen LogP contribution in [0.4, 0.5) is 0 Å². The van der Waals surface area contributed by atoms with Crippen molar-refractivity contribution in [2.45, 2.75) is 44.9 Å². The highest BCUT2D eigenvalue weighted by Gasteiger charge is 2.55. The molecular formula is C13H18O. The molecule has 1 heteroatoms. The first-order valence-corrected chi connectivity index (χ1v) is 5.93. The number of Topliss-reactive ketones (excluding diaryl/α,β-unsaturated/α-hetero) is 1. The fourth-order valence-corrected chi connectivity index (χ4v) is 4.16. The molecule has 0 aromatic carbocycles. The highest BCUT2D eigenvalue weighted by molar-refractivity contribution is 5.90. The molecule has 0 N–H and O–H groups in total. The van der Waals surface area contributed by atoms with E-state index in [1.807, 2.05) is 0 Å². The van der Waals surface area contributed by atoms with E-state index in [0.717, 1.165) is 19.3 Å². The normalized spacial score (nSPS) is 46.6. The van der Waals surface area contributed by atoms with Crippen LogP contribution in [0.25, 0.3) is 0 Å². The Morgan fingerprint density at radius 3 is 2.93 bits per heavy atom. The monoisotopic (exact) mass is 190 g/mol. The number of rotatable bonds is 0. The Kier molecular flexibility index (Phi) is 1.68. The van der Waals surface area contributed by atoms with Crippen LogP contribution in [0.1, 0.15) is 44.9 Å².